The molecule has 0 saturated carbocycles. The Bertz CT molecular complexity index is 954. The topological polar surface area (TPSA) is 61.2 Å². The molecule has 0 saturated heterocycles. The minimum absolute atomic E-state index is 0.329. The van der Waals surface area contributed by atoms with E-state index in [1.54, 1.807) is 19.2 Å². The molecule has 0 amide bonds. The summed E-state index contributed by atoms with van der Waals surface area (Å²) in [7, 11) is 0. The van der Waals surface area contributed by atoms with Crippen molar-refractivity contribution in [2.24, 2.45) is 0 Å². The predicted octanol–water partition coefficient (Wildman–Crippen LogP) is 4.42. The van der Waals surface area contributed by atoms with Gasteiger partial charge in [0.25, 0.3) is 0 Å². The Morgan fingerprint density at radius 3 is 2.67 bits per heavy atom. The van der Waals surface area contributed by atoms with Crippen LogP contribution in [0.5, 0.6) is 0 Å². The van der Waals surface area contributed by atoms with Crippen LogP contribution < -0.4 is 0 Å². The van der Waals surface area contributed by atoms with Gasteiger partial charge in [0.1, 0.15) is 11.5 Å². The van der Waals surface area contributed by atoms with E-state index < -0.39 is 0 Å². The Kier molecular flexibility index (Phi) is 6.01. The van der Waals surface area contributed by atoms with Gasteiger partial charge in [0, 0.05) is 11.8 Å². The third kappa shape index (κ3) is 3.92. The summed E-state index contributed by atoms with van der Waals surface area (Å²) >= 11 is 0. The van der Waals surface area contributed by atoms with Crippen LogP contribution in [0.2, 0.25) is 0 Å². The summed E-state index contributed by atoms with van der Waals surface area (Å²) in [6, 6.07) is 11.6. The number of nitrogens with zero attached hydrogens (tertiary/aromatic N) is 2. The summed E-state index contributed by atoms with van der Waals surface area (Å²) in [5, 5.41) is 1.84. The molecule has 3 rings (SSSR count). The second-order valence-electron chi connectivity index (χ2n) is 6.45. The first-order valence-corrected chi connectivity index (χ1v) is 9.36. The smallest absolute Gasteiger partial charge is 0.338 e. The van der Waals surface area contributed by atoms with Crippen molar-refractivity contribution < 1.29 is 14.3 Å². The van der Waals surface area contributed by atoms with Crippen molar-refractivity contribution in [2.75, 3.05) is 6.61 Å². The highest BCUT2D eigenvalue weighted by Gasteiger charge is 2.16. The molecule has 140 valence electrons. The van der Waals surface area contributed by atoms with E-state index in [4.69, 9.17) is 4.74 Å². The number of ether oxygens (including phenoxy) is 1. The summed E-state index contributed by atoms with van der Waals surface area (Å²) < 4.78 is 7.18. The lowest BCUT2D eigenvalue weighted by Gasteiger charge is -2.14. The Hall–Kier alpha value is -2.95. The fraction of sp³-hybridized carbons (Fsp3) is 0.318. The van der Waals surface area contributed by atoms with E-state index in [0.29, 0.717) is 24.4 Å². The van der Waals surface area contributed by atoms with Crippen LogP contribution >= 0.6 is 0 Å². The zero-order chi connectivity index (χ0) is 19.2. The van der Waals surface area contributed by atoms with Crippen molar-refractivity contribution >= 4 is 23.0 Å². The van der Waals surface area contributed by atoms with Gasteiger partial charge >= 0.3 is 5.97 Å². The van der Waals surface area contributed by atoms with E-state index in [2.05, 4.69) is 11.9 Å². The van der Waals surface area contributed by atoms with Gasteiger partial charge in [0.15, 0.2) is 6.29 Å². The quantitative estimate of drug-likeness (QED) is 0.439. The minimum atomic E-state index is -0.331. The molecule has 0 aliphatic rings. The Labute approximate surface area is 159 Å². The second kappa shape index (κ2) is 8.62. The molecule has 5 heteroatoms. The van der Waals surface area contributed by atoms with E-state index in [0.717, 1.165) is 47.7 Å². The van der Waals surface area contributed by atoms with Gasteiger partial charge in [-0.2, -0.15) is 0 Å². The second-order valence-corrected chi connectivity index (χ2v) is 6.45. The van der Waals surface area contributed by atoms with Crippen molar-refractivity contribution in [1.29, 1.82) is 0 Å². The van der Waals surface area contributed by atoms with Crippen LogP contribution in [0, 0.1) is 0 Å². The van der Waals surface area contributed by atoms with Crippen LogP contribution in [0.4, 0.5) is 0 Å². The molecule has 0 aliphatic heterocycles. The van der Waals surface area contributed by atoms with Gasteiger partial charge in [0.05, 0.1) is 24.9 Å². The van der Waals surface area contributed by atoms with Crippen LogP contribution in [0.1, 0.15) is 58.9 Å². The molecule has 0 aliphatic carbocycles. The van der Waals surface area contributed by atoms with Gasteiger partial charge in [-0.3, -0.25) is 4.79 Å². The molecule has 5 nitrogen and oxygen atoms in total. The highest BCUT2D eigenvalue weighted by Crippen LogP contribution is 2.25. The summed E-state index contributed by atoms with van der Waals surface area (Å²) in [5.41, 5.74) is 2.06. The molecular formula is C22H24N2O3. The molecule has 3 aromatic rings. The number of hydrogen-bond acceptors (Lipinski definition) is 4. The fourth-order valence-corrected chi connectivity index (χ4v) is 3.34. The van der Waals surface area contributed by atoms with Crippen molar-refractivity contribution in [1.82, 2.24) is 9.55 Å². The molecule has 0 bridgehead atoms. The summed E-state index contributed by atoms with van der Waals surface area (Å²) in [5.74, 6) is 0.563. The number of fused-ring (bicyclic) bond motifs is 1. The summed E-state index contributed by atoms with van der Waals surface area (Å²) in [6.07, 6.45) is 5.35. The van der Waals surface area contributed by atoms with Crippen LogP contribution in [0.15, 0.2) is 42.6 Å². The minimum Gasteiger partial charge on any atom is -0.462 e. The molecule has 1 aromatic heterocycles. The predicted molar refractivity (Wildman–Crippen MR) is 105 cm³/mol. The standard InChI is InChI=1S/C22H24N2O3/c1-3-5-12-20-23-13-18(15-25)24(20)14-17-10-6-8-16-9-7-11-19(21(16)17)22(26)27-4-2/h6-11,13,15H,3-5,12,14H2,1-2H3. The van der Waals surface area contributed by atoms with E-state index >= 15 is 0 Å². The first-order valence-electron chi connectivity index (χ1n) is 9.36. The number of unbranched alkanes of at least 4 members (excludes halogenated alkanes) is 1. The number of carbonyl (C=O) groups is 2. The van der Waals surface area contributed by atoms with E-state index in [9.17, 15) is 9.59 Å². The maximum absolute atomic E-state index is 12.4. The van der Waals surface area contributed by atoms with E-state index in [-0.39, 0.29) is 5.97 Å². The van der Waals surface area contributed by atoms with Gasteiger partial charge in [-0.15, -0.1) is 0 Å². The van der Waals surface area contributed by atoms with E-state index in [1.165, 1.54) is 0 Å². The van der Waals surface area contributed by atoms with E-state index in [1.807, 2.05) is 34.9 Å². The third-order valence-electron chi connectivity index (χ3n) is 4.66. The molecule has 0 spiro atoms. The van der Waals surface area contributed by atoms with Crippen LogP contribution in [-0.4, -0.2) is 28.4 Å². The highest BCUT2D eigenvalue weighted by atomic mass is 16.5. The number of aromatic nitrogens is 2. The summed E-state index contributed by atoms with van der Waals surface area (Å²) in [6.45, 7) is 4.74. The number of rotatable bonds is 8. The Morgan fingerprint density at radius 2 is 1.96 bits per heavy atom. The largest absolute Gasteiger partial charge is 0.462 e. The van der Waals surface area contributed by atoms with Crippen LogP contribution in [0.3, 0.4) is 0 Å². The first kappa shape index (κ1) is 18.8. The van der Waals surface area contributed by atoms with Gasteiger partial charge in [-0.05, 0) is 30.4 Å². The Morgan fingerprint density at radius 1 is 1.19 bits per heavy atom. The number of benzene rings is 2. The third-order valence-corrected chi connectivity index (χ3v) is 4.66. The maximum Gasteiger partial charge on any atom is 0.338 e. The van der Waals surface area contributed by atoms with Crippen molar-refractivity contribution in [3.05, 3.63) is 65.2 Å². The van der Waals surface area contributed by atoms with Crippen LogP contribution in [0.25, 0.3) is 10.8 Å². The molecular weight excluding hydrogens is 340 g/mol. The fourth-order valence-electron chi connectivity index (χ4n) is 3.34. The van der Waals surface area contributed by atoms with Gasteiger partial charge in [-0.25, -0.2) is 9.78 Å². The van der Waals surface area contributed by atoms with Gasteiger partial charge in [-0.1, -0.05) is 43.7 Å². The number of aldehydes is 1. The summed E-state index contributed by atoms with van der Waals surface area (Å²) in [4.78, 5) is 28.4. The normalized spacial score (nSPS) is 10.9. The van der Waals surface area contributed by atoms with Crippen molar-refractivity contribution in [2.45, 2.75) is 39.7 Å². The molecule has 0 unspecified atom stereocenters. The van der Waals surface area contributed by atoms with Crippen molar-refractivity contribution in [3.63, 3.8) is 0 Å². The molecule has 0 N–H and O–H groups in total. The SMILES string of the molecule is CCCCc1ncc(C=O)n1Cc1cccc2cccc(C(=O)OCC)c12. The number of hydrogen-bond donors (Lipinski definition) is 0. The van der Waals surface area contributed by atoms with Crippen molar-refractivity contribution in [3.8, 4) is 0 Å². The highest BCUT2D eigenvalue weighted by molar-refractivity contribution is 6.05. The lowest BCUT2D eigenvalue weighted by atomic mass is 9.99. The molecule has 0 fully saturated rings. The molecule has 0 atom stereocenters. The Balaban J connectivity index is 2.09. The molecule has 0 radical (unpaired) electrons. The average molecular weight is 364 g/mol. The number of imidazole rings is 1. The molecule has 2 aromatic carbocycles. The number of carbonyl (C=O) groups excluding carboxylic acids is 2. The molecule has 27 heavy (non-hydrogen) atoms. The monoisotopic (exact) mass is 364 g/mol. The van der Waals surface area contributed by atoms with Crippen LogP contribution in [-0.2, 0) is 17.7 Å². The first-order chi connectivity index (χ1) is 13.2. The maximum atomic E-state index is 12.4. The number of esters is 1. The lowest BCUT2D eigenvalue weighted by Crippen LogP contribution is -2.11. The lowest BCUT2D eigenvalue weighted by molar-refractivity contribution is 0.0528. The zero-order valence-corrected chi connectivity index (χ0v) is 15.8. The zero-order valence-electron chi connectivity index (χ0n) is 15.8. The average Bonchev–Trinajstić information content (AvgIpc) is 3.07. The molecule has 1 heterocycles. The van der Waals surface area contributed by atoms with Gasteiger partial charge in [0.2, 0.25) is 0 Å². The number of aryl methyl sites for hydroxylation is 1. The van der Waals surface area contributed by atoms with Gasteiger partial charge < -0.3 is 9.30 Å².